The fraction of sp³-hybridized carbons (Fsp3) is 0.292. The van der Waals surface area contributed by atoms with Gasteiger partial charge in [0.25, 0.3) is 0 Å². The van der Waals surface area contributed by atoms with Gasteiger partial charge in [-0.1, -0.05) is 36.4 Å². The zero-order valence-corrected chi connectivity index (χ0v) is 17.4. The summed E-state index contributed by atoms with van der Waals surface area (Å²) in [5.74, 6) is 2.12. The number of anilines is 1. The molecule has 0 saturated carbocycles. The first-order valence-corrected chi connectivity index (χ1v) is 10.5. The second kappa shape index (κ2) is 8.26. The van der Waals surface area contributed by atoms with Crippen LogP contribution in [0.3, 0.4) is 0 Å². The Labute approximate surface area is 180 Å². The first kappa shape index (κ1) is 19.4. The zero-order valence-electron chi connectivity index (χ0n) is 17.4. The summed E-state index contributed by atoms with van der Waals surface area (Å²) in [6, 6.07) is 15.7. The van der Waals surface area contributed by atoms with Crippen molar-refractivity contribution >= 4 is 11.7 Å². The van der Waals surface area contributed by atoms with Crippen LogP contribution in [0.15, 0.2) is 66.1 Å². The molecule has 158 valence electrons. The van der Waals surface area contributed by atoms with E-state index >= 15 is 0 Å². The van der Waals surface area contributed by atoms with E-state index in [-0.39, 0.29) is 11.8 Å². The summed E-state index contributed by atoms with van der Waals surface area (Å²) in [5, 5.41) is 7.67. The quantitative estimate of drug-likeness (QED) is 0.656. The van der Waals surface area contributed by atoms with Gasteiger partial charge in [0.15, 0.2) is 17.3 Å². The molecule has 5 rings (SSSR count). The highest BCUT2D eigenvalue weighted by molar-refractivity contribution is 5.99. The minimum absolute atomic E-state index is 0.155. The number of fused-ring (bicyclic) bond motifs is 1. The molecule has 31 heavy (non-hydrogen) atoms. The number of allylic oxidation sites excluding steroid dienone is 2. The number of aromatic nitrogens is 3. The van der Waals surface area contributed by atoms with Gasteiger partial charge in [0.1, 0.15) is 12.4 Å². The van der Waals surface area contributed by atoms with Crippen LogP contribution < -0.4 is 14.8 Å². The molecule has 0 spiro atoms. The summed E-state index contributed by atoms with van der Waals surface area (Å²) in [6.07, 6.45) is 4.56. The Balaban J connectivity index is 1.43. The molecule has 2 aromatic carbocycles. The van der Waals surface area contributed by atoms with Crippen LogP contribution in [0.2, 0.25) is 0 Å². The van der Waals surface area contributed by atoms with Crippen LogP contribution in [0.25, 0.3) is 0 Å². The molecule has 7 nitrogen and oxygen atoms in total. The van der Waals surface area contributed by atoms with Crippen molar-refractivity contribution in [1.29, 1.82) is 0 Å². The van der Waals surface area contributed by atoms with E-state index in [0.717, 1.165) is 36.1 Å². The van der Waals surface area contributed by atoms with Crippen LogP contribution >= 0.6 is 0 Å². The third-order valence-electron chi connectivity index (χ3n) is 5.80. The average molecular weight is 416 g/mol. The van der Waals surface area contributed by atoms with Crippen molar-refractivity contribution < 1.29 is 14.3 Å². The number of hydrogen-bond donors (Lipinski definition) is 1. The normalized spacial score (nSPS) is 17.6. The predicted molar refractivity (Wildman–Crippen MR) is 116 cm³/mol. The summed E-state index contributed by atoms with van der Waals surface area (Å²) in [4.78, 5) is 17.1. The maximum Gasteiger partial charge on any atom is 0.226 e. The van der Waals surface area contributed by atoms with Crippen LogP contribution in [0, 0.1) is 0 Å². The molecule has 1 N–H and O–H groups in total. The van der Waals surface area contributed by atoms with Crippen LogP contribution in [0.4, 0.5) is 5.95 Å². The number of carbonyl (C=O) groups is 1. The van der Waals surface area contributed by atoms with E-state index in [0.29, 0.717) is 30.5 Å². The second-order valence-electron chi connectivity index (χ2n) is 7.72. The minimum atomic E-state index is -0.325. The van der Waals surface area contributed by atoms with E-state index in [9.17, 15) is 4.79 Å². The predicted octanol–water partition coefficient (Wildman–Crippen LogP) is 3.93. The largest absolute Gasteiger partial charge is 0.493 e. The van der Waals surface area contributed by atoms with E-state index in [1.807, 2.05) is 36.4 Å². The molecule has 0 saturated heterocycles. The number of benzene rings is 2. The summed E-state index contributed by atoms with van der Waals surface area (Å²) in [5.41, 5.74) is 3.86. The molecule has 2 heterocycles. The van der Waals surface area contributed by atoms with E-state index < -0.39 is 0 Å². The lowest BCUT2D eigenvalue weighted by molar-refractivity contribution is -0.116. The molecule has 1 unspecified atom stereocenters. The Morgan fingerprint density at radius 1 is 1.13 bits per heavy atom. The fourth-order valence-corrected chi connectivity index (χ4v) is 4.30. The number of ether oxygens (including phenoxy) is 2. The molecule has 1 aliphatic carbocycles. The minimum Gasteiger partial charge on any atom is -0.493 e. The van der Waals surface area contributed by atoms with Gasteiger partial charge in [-0.3, -0.25) is 4.79 Å². The first-order valence-electron chi connectivity index (χ1n) is 10.5. The van der Waals surface area contributed by atoms with Gasteiger partial charge in [0, 0.05) is 24.1 Å². The van der Waals surface area contributed by atoms with Crippen molar-refractivity contribution in [3.63, 3.8) is 0 Å². The van der Waals surface area contributed by atoms with Crippen LogP contribution in [0.1, 0.15) is 36.4 Å². The molecule has 1 aromatic heterocycles. The van der Waals surface area contributed by atoms with Gasteiger partial charge in [-0.25, -0.2) is 4.68 Å². The average Bonchev–Trinajstić information content (AvgIpc) is 3.27. The van der Waals surface area contributed by atoms with E-state index in [4.69, 9.17) is 9.47 Å². The van der Waals surface area contributed by atoms with Gasteiger partial charge in [0.05, 0.1) is 13.7 Å². The molecule has 0 fully saturated rings. The van der Waals surface area contributed by atoms with Crippen LogP contribution in [-0.4, -0.2) is 34.3 Å². The number of ketones is 1. The number of methoxy groups -OCH3 is 1. The van der Waals surface area contributed by atoms with Gasteiger partial charge in [-0.15, -0.1) is 0 Å². The molecule has 0 amide bonds. The number of hydrogen-bond acceptors (Lipinski definition) is 6. The van der Waals surface area contributed by atoms with Crippen molar-refractivity contribution in [2.24, 2.45) is 0 Å². The van der Waals surface area contributed by atoms with E-state index in [1.165, 1.54) is 11.9 Å². The van der Waals surface area contributed by atoms with Gasteiger partial charge >= 0.3 is 0 Å². The molecule has 0 radical (unpaired) electrons. The number of Topliss-reactive ketones (excluding diaryl/α,β-unsaturated/α-hetero) is 1. The van der Waals surface area contributed by atoms with E-state index in [2.05, 4.69) is 27.5 Å². The summed E-state index contributed by atoms with van der Waals surface area (Å²) < 4.78 is 13.4. The number of rotatable bonds is 6. The van der Waals surface area contributed by atoms with Crippen molar-refractivity contribution in [2.75, 3.05) is 19.0 Å². The number of carbonyl (C=O) groups excluding carboxylic acids is 1. The molecular weight excluding hydrogens is 392 g/mol. The number of nitrogens with one attached hydrogen (secondary N) is 1. The standard InChI is InChI=1S/C24H24N4O3/c1-30-21-14-17(10-11-20(21)31-13-12-16-6-3-2-4-7-16)23-22-18(8-5-9-19(22)29)27-24-25-15-26-28(23)24/h2-4,6-7,10-11,14-15,23H,5,8-9,12-13H2,1H3,(H,25,26,27). The lowest BCUT2D eigenvalue weighted by atomic mass is 9.85. The third kappa shape index (κ3) is 3.67. The van der Waals surface area contributed by atoms with Crippen molar-refractivity contribution in [3.8, 4) is 11.5 Å². The zero-order chi connectivity index (χ0) is 21.2. The lowest BCUT2D eigenvalue weighted by Gasteiger charge is -2.32. The summed E-state index contributed by atoms with van der Waals surface area (Å²) in [6.45, 7) is 0.550. The first-order chi connectivity index (χ1) is 15.2. The highest BCUT2D eigenvalue weighted by Gasteiger charge is 2.36. The van der Waals surface area contributed by atoms with Gasteiger partial charge < -0.3 is 14.8 Å². The Kier molecular flexibility index (Phi) is 5.16. The van der Waals surface area contributed by atoms with E-state index in [1.54, 1.807) is 11.8 Å². The fourth-order valence-electron chi connectivity index (χ4n) is 4.30. The van der Waals surface area contributed by atoms with Crippen molar-refractivity contribution in [3.05, 3.63) is 77.3 Å². The van der Waals surface area contributed by atoms with Crippen molar-refractivity contribution in [1.82, 2.24) is 14.8 Å². The third-order valence-corrected chi connectivity index (χ3v) is 5.80. The Morgan fingerprint density at radius 2 is 2.00 bits per heavy atom. The van der Waals surface area contributed by atoms with Crippen molar-refractivity contribution in [2.45, 2.75) is 31.7 Å². The molecule has 2 aliphatic rings. The van der Waals surface area contributed by atoms with Gasteiger partial charge in [0.2, 0.25) is 5.95 Å². The Morgan fingerprint density at radius 3 is 2.84 bits per heavy atom. The molecular formula is C24H24N4O3. The van der Waals surface area contributed by atoms with Crippen LogP contribution in [0.5, 0.6) is 11.5 Å². The molecule has 1 aliphatic heterocycles. The second-order valence-corrected chi connectivity index (χ2v) is 7.72. The monoisotopic (exact) mass is 416 g/mol. The van der Waals surface area contributed by atoms with Gasteiger partial charge in [-0.2, -0.15) is 10.1 Å². The molecule has 3 aromatic rings. The smallest absolute Gasteiger partial charge is 0.226 e. The molecule has 7 heteroatoms. The maximum atomic E-state index is 12.8. The molecule has 1 atom stereocenters. The van der Waals surface area contributed by atoms with Gasteiger partial charge in [-0.05, 0) is 36.1 Å². The lowest BCUT2D eigenvalue weighted by Crippen LogP contribution is -2.31. The highest BCUT2D eigenvalue weighted by atomic mass is 16.5. The SMILES string of the molecule is COc1cc(C2C3=C(CCCC3=O)Nc3ncnn32)ccc1OCCc1ccccc1. The Bertz CT molecular complexity index is 1140. The maximum absolute atomic E-state index is 12.8. The topological polar surface area (TPSA) is 78.3 Å². The molecule has 0 bridgehead atoms. The van der Waals surface area contributed by atoms with Crippen LogP contribution in [-0.2, 0) is 11.2 Å². The number of nitrogens with zero attached hydrogens (tertiary/aromatic N) is 3. The highest BCUT2D eigenvalue weighted by Crippen LogP contribution is 2.41. The summed E-state index contributed by atoms with van der Waals surface area (Å²) in [7, 11) is 1.63. The Hall–Kier alpha value is -3.61. The summed E-state index contributed by atoms with van der Waals surface area (Å²) >= 11 is 0.